The maximum atomic E-state index is 8.61. The molecule has 0 rings (SSSR count). The van der Waals surface area contributed by atoms with Crippen LogP contribution in [0.3, 0.4) is 0 Å². The third kappa shape index (κ3) is 377. The number of halogens is 1. The summed E-state index contributed by atoms with van der Waals surface area (Å²) in [6.07, 6.45) is 0. The molecule has 8 nitrogen and oxygen atoms in total. The van der Waals surface area contributed by atoms with Gasteiger partial charge >= 0.3 is 130 Å². The Kier molecular flexibility index (Phi) is 40.3. The van der Waals surface area contributed by atoms with Gasteiger partial charge in [0.25, 0.3) is 0 Å². The molecule has 0 saturated carbocycles. The SMILES string of the molecule is F.O=[As]([O-])([O-])[O-].O=[As]([O-])([O-])[O-].[Mg+2].[Mg+2].[Mg+2]. The van der Waals surface area contributed by atoms with Crippen molar-refractivity contribution in [2.24, 2.45) is 0 Å². The Labute approximate surface area is 133 Å². The Morgan fingerprint density at radius 3 is 0.571 bits per heavy atom. The van der Waals surface area contributed by atoms with E-state index in [-0.39, 0.29) is 73.9 Å². The van der Waals surface area contributed by atoms with Crippen LogP contribution in [0.25, 0.3) is 0 Å². The first-order valence-electron chi connectivity index (χ1n) is 1.46. The van der Waals surface area contributed by atoms with Gasteiger partial charge in [0.1, 0.15) is 0 Å². The molecule has 0 saturated heterocycles. The second-order valence-corrected chi connectivity index (χ2v) is 4.65. The van der Waals surface area contributed by atoms with Crippen molar-refractivity contribution in [3.63, 3.8) is 0 Å². The molecule has 0 aromatic carbocycles. The maximum Gasteiger partial charge on any atom is 2.00 e. The molecule has 0 aliphatic carbocycles. The van der Waals surface area contributed by atoms with E-state index < -0.39 is 29.0 Å². The molecular weight excluding hydrogens is 370 g/mol. The van der Waals surface area contributed by atoms with E-state index >= 15 is 0 Å². The Morgan fingerprint density at radius 1 is 0.571 bits per heavy atom. The van der Waals surface area contributed by atoms with E-state index in [0.717, 1.165) is 0 Å². The van der Waals surface area contributed by atoms with Gasteiger partial charge in [0.15, 0.2) is 0 Å². The molecular formula is HAs2FMg3O8. The molecule has 0 aromatic heterocycles. The smallest absolute Gasteiger partial charge is 2.00 e. The second-order valence-electron chi connectivity index (χ2n) is 0.894. The average molecular weight is 371 g/mol. The average Bonchev–Trinajstić information content (AvgIpc) is 1.12. The first kappa shape index (κ1) is 36.0. The van der Waals surface area contributed by atoms with Crippen LogP contribution in [-0.2, 0) is 7.48 Å². The summed E-state index contributed by atoms with van der Waals surface area (Å²) < 4.78 is 68.9. The topological polar surface area (TPSA) is 172 Å². The largest absolute Gasteiger partial charge is 2.00 e. The zero-order valence-electron chi connectivity index (χ0n) is 6.69. The Bertz CT molecular complexity index is 135. The van der Waals surface area contributed by atoms with Crippen molar-refractivity contribution in [1.82, 2.24) is 0 Å². The van der Waals surface area contributed by atoms with Gasteiger partial charge in [-0.15, -0.1) is 0 Å². The summed E-state index contributed by atoms with van der Waals surface area (Å²) in [7, 11) is 0. The first-order chi connectivity index (χ1) is 4.00. The molecule has 0 aromatic rings. The van der Waals surface area contributed by atoms with Crippen LogP contribution >= 0.6 is 0 Å². The van der Waals surface area contributed by atoms with Crippen molar-refractivity contribution in [2.45, 2.75) is 0 Å². The van der Waals surface area contributed by atoms with Crippen LogP contribution in [0, 0.1) is 0 Å². The first-order valence-corrected chi connectivity index (χ1v) is 7.59. The van der Waals surface area contributed by atoms with Crippen LogP contribution < -0.4 is 24.6 Å². The predicted molar refractivity (Wildman–Crippen MR) is 32.6 cm³/mol. The van der Waals surface area contributed by atoms with Crippen LogP contribution in [0.4, 0.5) is 4.70 Å². The standard InChI is InChI=1S/2AsH3O4.FH.3Mg/c2*2-1(3,4)5;;;;/h2*(H3,2,3,4,5);1H;;;/q;;;3*+2/p-6. The van der Waals surface area contributed by atoms with Gasteiger partial charge in [-0.3, -0.25) is 4.70 Å². The fraction of sp³-hybridized carbons (Fsp3) is 0. The number of hydrogen-bond acceptors (Lipinski definition) is 8. The molecule has 14 heavy (non-hydrogen) atoms. The summed E-state index contributed by atoms with van der Waals surface area (Å²) in [4.78, 5) is 0. The fourth-order valence-electron chi connectivity index (χ4n) is 0. The van der Waals surface area contributed by atoms with E-state index in [4.69, 9.17) is 32.1 Å². The Balaban J connectivity index is -0.0000000178. The monoisotopic (exact) mass is 370 g/mol. The predicted octanol–water partition coefficient (Wildman–Crippen LogP) is -9.12. The third-order valence-electron chi connectivity index (χ3n) is 0. The van der Waals surface area contributed by atoms with E-state index in [1.807, 2.05) is 0 Å². The van der Waals surface area contributed by atoms with Crippen molar-refractivity contribution in [3.8, 4) is 0 Å². The Morgan fingerprint density at radius 2 is 0.571 bits per heavy atom. The molecule has 0 fully saturated rings. The summed E-state index contributed by atoms with van der Waals surface area (Å²) in [5.74, 6) is 0. The van der Waals surface area contributed by atoms with Gasteiger partial charge in [-0.05, 0) is 0 Å². The molecule has 0 amide bonds. The van der Waals surface area contributed by atoms with E-state index in [0.29, 0.717) is 0 Å². The molecule has 0 radical (unpaired) electrons. The Hall–Kier alpha value is 2.71. The van der Waals surface area contributed by atoms with Crippen molar-refractivity contribution in [3.05, 3.63) is 0 Å². The fourth-order valence-corrected chi connectivity index (χ4v) is 0. The van der Waals surface area contributed by atoms with Gasteiger partial charge in [0, 0.05) is 0 Å². The minimum absolute atomic E-state index is 0. The van der Waals surface area contributed by atoms with Gasteiger partial charge in [-0.2, -0.15) is 0 Å². The van der Waals surface area contributed by atoms with Crippen LogP contribution in [0.1, 0.15) is 0 Å². The second kappa shape index (κ2) is 15.7. The van der Waals surface area contributed by atoms with Crippen LogP contribution in [0.5, 0.6) is 0 Å². The van der Waals surface area contributed by atoms with E-state index in [1.165, 1.54) is 0 Å². The summed E-state index contributed by atoms with van der Waals surface area (Å²) in [6, 6.07) is 0. The molecule has 14 heteroatoms. The van der Waals surface area contributed by atoms with Crippen molar-refractivity contribution < 1.29 is 36.8 Å². The van der Waals surface area contributed by atoms with Gasteiger partial charge in [-0.1, -0.05) is 0 Å². The molecule has 0 N–H and O–H groups in total. The molecule has 0 spiro atoms. The zero-order chi connectivity index (χ0) is 9.00. The van der Waals surface area contributed by atoms with Crippen molar-refractivity contribution in [1.29, 1.82) is 0 Å². The molecule has 0 aliphatic rings. The van der Waals surface area contributed by atoms with Gasteiger partial charge in [0.2, 0.25) is 0 Å². The van der Waals surface area contributed by atoms with Crippen LogP contribution in [0.2, 0.25) is 0 Å². The minimum Gasteiger partial charge on any atom is 2.00 e. The van der Waals surface area contributed by atoms with E-state index in [1.54, 1.807) is 0 Å². The molecule has 0 aliphatic heterocycles. The number of rotatable bonds is 0. The van der Waals surface area contributed by atoms with Gasteiger partial charge in [-0.25, -0.2) is 0 Å². The molecule has 0 heterocycles. The third-order valence-corrected chi connectivity index (χ3v) is 0. The van der Waals surface area contributed by atoms with Crippen molar-refractivity contribution >= 4 is 98.2 Å². The van der Waals surface area contributed by atoms with Crippen LogP contribution in [-0.4, -0.2) is 98.2 Å². The number of hydrogen-bond donors (Lipinski definition) is 0. The minimum atomic E-state index is -5.88. The maximum absolute atomic E-state index is 8.61. The summed E-state index contributed by atoms with van der Waals surface area (Å²) in [5, 5.41) is 0. The van der Waals surface area contributed by atoms with E-state index in [9.17, 15) is 0 Å². The molecule has 0 bridgehead atoms. The normalized spacial score (nSPS) is 8.43. The quantitative estimate of drug-likeness (QED) is 0.378. The van der Waals surface area contributed by atoms with Gasteiger partial charge in [0.05, 0.1) is 0 Å². The molecule has 0 atom stereocenters. The van der Waals surface area contributed by atoms with Gasteiger partial charge < -0.3 is 0 Å². The summed E-state index contributed by atoms with van der Waals surface area (Å²) in [6.45, 7) is 0. The summed E-state index contributed by atoms with van der Waals surface area (Å²) >= 11 is -11.8. The molecule has 0 unspecified atom stereocenters. The molecule has 72 valence electrons. The van der Waals surface area contributed by atoms with Crippen LogP contribution in [0.15, 0.2) is 0 Å². The summed E-state index contributed by atoms with van der Waals surface area (Å²) in [5.41, 5.74) is 0. The van der Waals surface area contributed by atoms with E-state index in [2.05, 4.69) is 0 Å². The van der Waals surface area contributed by atoms with Crippen molar-refractivity contribution in [2.75, 3.05) is 0 Å². The zero-order valence-corrected chi connectivity index (χ0v) is 14.7.